The van der Waals surface area contributed by atoms with E-state index in [0.717, 1.165) is 16.9 Å². The van der Waals surface area contributed by atoms with Crippen LogP contribution in [-0.4, -0.2) is 23.2 Å². The van der Waals surface area contributed by atoms with Gasteiger partial charge in [-0.3, -0.25) is 0 Å². The number of thiophene rings is 1. The van der Waals surface area contributed by atoms with Crippen molar-refractivity contribution in [2.45, 2.75) is 17.3 Å². The van der Waals surface area contributed by atoms with Gasteiger partial charge >= 0.3 is 114 Å². The van der Waals surface area contributed by atoms with Crippen molar-refractivity contribution >= 4 is 39.3 Å². The van der Waals surface area contributed by atoms with Gasteiger partial charge in [-0.2, -0.15) is 0 Å². The number of fused-ring (bicyclic) bond motifs is 1. The maximum absolute atomic E-state index is 4.65. The molecule has 0 saturated carbocycles. The number of para-hydroxylation sites is 2. The van der Waals surface area contributed by atoms with Crippen LogP contribution < -0.4 is 3.71 Å². The summed E-state index contributed by atoms with van der Waals surface area (Å²) in [4.78, 5) is 9.30. The minimum atomic E-state index is -1.70. The van der Waals surface area contributed by atoms with E-state index in [1.807, 2.05) is 29.5 Å². The third-order valence-electron chi connectivity index (χ3n) is 2.97. The Balaban J connectivity index is 2.06. The number of imidazole rings is 1. The molecule has 0 amide bonds. The van der Waals surface area contributed by atoms with Gasteiger partial charge in [0.2, 0.25) is 0 Å². The fourth-order valence-corrected chi connectivity index (χ4v) is 6.79. The van der Waals surface area contributed by atoms with Gasteiger partial charge in [-0.25, -0.2) is 0 Å². The molecule has 18 heavy (non-hydrogen) atoms. The van der Waals surface area contributed by atoms with E-state index in [1.54, 1.807) is 3.71 Å². The molecule has 4 heteroatoms. The Kier molecular flexibility index (Phi) is 2.83. The van der Waals surface area contributed by atoms with Crippen molar-refractivity contribution in [1.29, 1.82) is 0 Å². The molecule has 0 radical (unpaired) electrons. The predicted octanol–water partition coefficient (Wildman–Crippen LogP) is 3.84. The Morgan fingerprint density at radius 2 is 1.83 bits per heavy atom. The summed E-state index contributed by atoms with van der Waals surface area (Å²) in [5, 5.41) is 0. The van der Waals surface area contributed by atoms with E-state index >= 15 is 0 Å². The van der Waals surface area contributed by atoms with E-state index in [1.165, 1.54) is 4.88 Å². The van der Waals surface area contributed by atoms with E-state index in [4.69, 9.17) is 0 Å². The predicted molar refractivity (Wildman–Crippen MR) is 82.4 cm³/mol. The summed E-state index contributed by atoms with van der Waals surface area (Å²) in [7, 11) is 0. The standard InChI is InChI=1S/C14H16GeN2S/c1-15(2,3)13-9-8-12(18-13)14-16-10-6-4-5-7-11(10)17-14/h4-9H,1-3H3,(H,16,17). The molecule has 0 atom stereocenters. The number of benzene rings is 1. The Labute approximate surface area is 113 Å². The molecule has 3 rings (SSSR count). The van der Waals surface area contributed by atoms with Crippen molar-refractivity contribution in [1.82, 2.24) is 9.97 Å². The Morgan fingerprint density at radius 1 is 1.06 bits per heavy atom. The van der Waals surface area contributed by atoms with E-state index in [-0.39, 0.29) is 0 Å². The molecule has 92 valence electrons. The quantitative estimate of drug-likeness (QED) is 0.715. The van der Waals surface area contributed by atoms with Crippen molar-refractivity contribution in [3.63, 3.8) is 0 Å². The van der Waals surface area contributed by atoms with Crippen LogP contribution in [0, 0.1) is 0 Å². The first-order valence-electron chi connectivity index (χ1n) is 6.09. The molecule has 2 aromatic heterocycles. The van der Waals surface area contributed by atoms with Gasteiger partial charge in [-0.05, 0) is 0 Å². The Hall–Kier alpha value is -1.07. The maximum atomic E-state index is 4.65. The zero-order chi connectivity index (χ0) is 12.8. The SMILES string of the molecule is [CH3][Ge]([CH3])([CH3])[c]1ccc(-c2nc3ccccc3[nH]2)s1. The van der Waals surface area contributed by atoms with Crippen LogP contribution in [-0.2, 0) is 0 Å². The van der Waals surface area contributed by atoms with Crippen molar-refractivity contribution < 1.29 is 0 Å². The van der Waals surface area contributed by atoms with Gasteiger partial charge in [0, 0.05) is 0 Å². The molecule has 0 aliphatic carbocycles. The number of aromatic nitrogens is 2. The summed E-state index contributed by atoms with van der Waals surface area (Å²) in [5.74, 6) is 8.27. The second-order valence-corrected chi connectivity index (χ2v) is 17.9. The molecule has 0 spiro atoms. The zero-order valence-electron chi connectivity index (χ0n) is 10.8. The van der Waals surface area contributed by atoms with Gasteiger partial charge in [0.1, 0.15) is 0 Å². The van der Waals surface area contributed by atoms with Crippen LogP contribution in [0.5, 0.6) is 0 Å². The first-order valence-corrected chi connectivity index (χ1v) is 14.3. The number of aromatic amines is 1. The van der Waals surface area contributed by atoms with Crippen molar-refractivity contribution in [3.05, 3.63) is 36.4 Å². The third kappa shape index (κ3) is 2.13. The van der Waals surface area contributed by atoms with Crippen molar-refractivity contribution in [3.8, 4) is 10.7 Å². The van der Waals surface area contributed by atoms with Crippen LogP contribution in [0.1, 0.15) is 0 Å². The first kappa shape index (κ1) is 12.0. The van der Waals surface area contributed by atoms with Crippen molar-refractivity contribution in [2.24, 2.45) is 0 Å². The normalized spacial score (nSPS) is 12.2. The average molecular weight is 317 g/mol. The van der Waals surface area contributed by atoms with Gasteiger partial charge in [-0.1, -0.05) is 0 Å². The molecule has 1 aromatic carbocycles. The molecule has 0 fully saturated rings. The summed E-state index contributed by atoms with van der Waals surface area (Å²) in [5.41, 5.74) is 2.15. The van der Waals surface area contributed by atoms with Crippen molar-refractivity contribution in [2.75, 3.05) is 0 Å². The fourth-order valence-electron chi connectivity index (χ4n) is 1.94. The van der Waals surface area contributed by atoms with E-state index in [0.29, 0.717) is 0 Å². The van der Waals surface area contributed by atoms with E-state index in [2.05, 4.69) is 45.4 Å². The second-order valence-electron chi connectivity index (χ2n) is 5.52. The first-order chi connectivity index (χ1) is 8.54. The summed E-state index contributed by atoms with van der Waals surface area (Å²) >= 11 is 0.196. The summed E-state index contributed by atoms with van der Waals surface area (Å²) in [6, 6.07) is 12.7. The number of nitrogens with zero attached hydrogens (tertiary/aromatic N) is 1. The van der Waals surface area contributed by atoms with Gasteiger partial charge in [0.15, 0.2) is 0 Å². The molecule has 2 heterocycles. The fraction of sp³-hybridized carbons (Fsp3) is 0.214. The van der Waals surface area contributed by atoms with Gasteiger partial charge in [0.05, 0.1) is 0 Å². The van der Waals surface area contributed by atoms with Crippen LogP contribution in [0.3, 0.4) is 0 Å². The summed E-state index contributed by atoms with van der Waals surface area (Å²) in [6.07, 6.45) is 0. The van der Waals surface area contributed by atoms with Crippen LogP contribution >= 0.6 is 11.3 Å². The molecule has 0 bridgehead atoms. The van der Waals surface area contributed by atoms with Gasteiger partial charge < -0.3 is 0 Å². The second kappa shape index (κ2) is 4.24. The zero-order valence-corrected chi connectivity index (χ0v) is 13.7. The molecule has 2 nitrogen and oxygen atoms in total. The number of H-pyrrole nitrogens is 1. The van der Waals surface area contributed by atoms with Crippen LogP contribution in [0.15, 0.2) is 36.4 Å². The molecule has 3 aromatic rings. The molecule has 0 aliphatic rings. The average Bonchev–Trinajstić information content (AvgIpc) is 2.94. The third-order valence-corrected chi connectivity index (χ3v) is 11.1. The monoisotopic (exact) mass is 318 g/mol. The number of nitrogens with one attached hydrogen (secondary N) is 1. The molecule has 1 N–H and O–H groups in total. The molecule has 0 unspecified atom stereocenters. The van der Waals surface area contributed by atoms with E-state index < -0.39 is 13.3 Å². The molecular weight excluding hydrogens is 301 g/mol. The van der Waals surface area contributed by atoms with Gasteiger partial charge in [-0.15, -0.1) is 0 Å². The topological polar surface area (TPSA) is 28.7 Å². The summed E-state index contributed by atoms with van der Waals surface area (Å²) < 4.78 is 1.57. The minimum absolute atomic E-state index is 0.999. The molecule has 0 saturated heterocycles. The number of hydrogen-bond acceptors (Lipinski definition) is 2. The van der Waals surface area contributed by atoms with Crippen LogP contribution in [0.25, 0.3) is 21.7 Å². The summed E-state index contributed by atoms with van der Waals surface area (Å²) in [6.45, 7) is 0. The van der Waals surface area contributed by atoms with Gasteiger partial charge in [0.25, 0.3) is 0 Å². The van der Waals surface area contributed by atoms with Crippen LogP contribution in [0.4, 0.5) is 0 Å². The van der Waals surface area contributed by atoms with E-state index in [9.17, 15) is 0 Å². The molecule has 0 aliphatic heterocycles. The number of rotatable bonds is 2. The van der Waals surface area contributed by atoms with Crippen LogP contribution in [0.2, 0.25) is 17.3 Å². The Morgan fingerprint density at radius 3 is 2.50 bits per heavy atom. The molecular formula is C14H16GeN2S. The number of hydrogen-bond donors (Lipinski definition) is 1. The Bertz CT molecular complexity index is 658.